The number of phenolic OH excluding ortho intramolecular Hbond substituents is 1. The fourth-order valence-electron chi connectivity index (χ4n) is 3.65. The molecule has 174 valence electrons. The van der Waals surface area contributed by atoms with Crippen LogP contribution in [-0.2, 0) is 6.54 Å². The van der Waals surface area contributed by atoms with Crippen molar-refractivity contribution in [3.63, 3.8) is 0 Å². The molecule has 0 saturated heterocycles. The molecule has 0 aliphatic heterocycles. The van der Waals surface area contributed by atoms with Crippen molar-refractivity contribution < 1.29 is 9.90 Å². The molecule has 5 rings (SSSR count). The van der Waals surface area contributed by atoms with E-state index < -0.39 is 5.91 Å². The number of benzene rings is 3. The van der Waals surface area contributed by atoms with E-state index >= 15 is 0 Å². The number of nitrogens with zero attached hydrogens (tertiary/aromatic N) is 4. The second-order valence-electron chi connectivity index (χ2n) is 7.71. The molecule has 0 saturated carbocycles. The quantitative estimate of drug-likeness (QED) is 0.353. The molecular weight excluding hydrogens is 489 g/mol. The van der Waals surface area contributed by atoms with Crippen LogP contribution in [0.15, 0.2) is 84.0 Å². The van der Waals surface area contributed by atoms with E-state index in [9.17, 15) is 14.7 Å². The molecule has 0 fully saturated rings. The fraction of sp³-hybridized carbons (Fsp3) is 0.0400. The Morgan fingerprint density at radius 3 is 2.49 bits per heavy atom. The van der Waals surface area contributed by atoms with Gasteiger partial charge in [-0.05, 0) is 42.5 Å². The van der Waals surface area contributed by atoms with Crippen molar-refractivity contribution in [1.29, 1.82) is 0 Å². The summed E-state index contributed by atoms with van der Waals surface area (Å²) in [6, 6.07) is 19.0. The number of amides is 1. The monoisotopic (exact) mass is 505 g/mol. The summed E-state index contributed by atoms with van der Waals surface area (Å²) in [5.74, 6) is -0.852. The number of rotatable bonds is 5. The summed E-state index contributed by atoms with van der Waals surface area (Å²) in [5.41, 5.74) is 2.09. The summed E-state index contributed by atoms with van der Waals surface area (Å²) in [6.45, 7) is 0.201. The van der Waals surface area contributed by atoms with Crippen LogP contribution in [0, 0.1) is 0 Å². The van der Waals surface area contributed by atoms with Gasteiger partial charge in [-0.3, -0.25) is 14.2 Å². The molecule has 10 heteroatoms. The fourth-order valence-corrected chi connectivity index (χ4v) is 4.14. The van der Waals surface area contributed by atoms with Gasteiger partial charge in [0.2, 0.25) is 0 Å². The topological polar surface area (TPSA) is 102 Å². The number of nitrogens with one attached hydrogen (secondary N) is 1. The number of para-hydroxylation sites is 1. The lowest BCUT2D eigenvalue weighted by Crippen LogP contribution is -2.23. The Kier molecular flexibility index (Phi) is 5.98. The van der Waals surface area contributed by atoms with Gasteiger partial charge in [0.1, 0.15) is 0 Å². The number of halogens is 2. The molecule has 0 radical (unpaired) electrons. The van der Waals surface area contributed by atoms with Gasteiger partial charge in [-0.1, -0.05) is 47.5 Å². The van der Waals surface area contributed by atoms with E-state index in [1.807, 2.05) is 42.6 Å². The van der Waals surface area contributed by atoms with Crippen LogP contribution in [0.5, 0.6) is 5.75 Å². The maximum Gasteiger partial charge on any atom is 0.263 e. The van der Waals surface area contributed by atoms with Gasteiger partial charge in [0, 0.05) is 11.8 Å². The first kappa shape index (κ1) is 22.6. The summed E-state index contributed by atoms with van der Waals surface area (Å²) in [5, 5.41) is 17.1. The molecule has 0 spiro atoms. The number of carbonyl (C=O) groups is 1. The standard InChI is InChI=1S/C25H17Cl2N5O3/c26-18-11-15(12-19(27)23(18)33)24(34)29-21-8-4-7-20-22(21)25(35)31(14-28-20)13-16-9-10-32(30-16)17-5-2-1-3-6-17/h1-12,14,33H,13H2,(H,29,34). The highest BCUT2D eigenvalue weighted by atomic mass is 35.5. The Morgan fingerprint density at radius 1 is 1.00 bits per heavy atom. The zero-order chi connectivity index (χ0) is 24.5. The molecule has 8 nitrogen and oxygen atoms in total. The smallest absolute Gasteiger partial charge is 0.263 e. The second kappa shape index (κ2) is 9.25. The molecule has 3 aromatic carbocycles. The number of aromatic nitrogens is 4. The molecule has 35 heavy (non-hydrogen) atoms. The van der Waals surface area contributed by atoms with Gasteiger partial charge in [0.25, 0.3) is 11.5 Å². The average molecular weight is 506 g/mol. The predicted octanol–water partition coefficient (Wildman–Crippen LogP) is 4.90. The Bertz CT molecular complexity index is 1610. The number of anilines is 1. The molecule has 0 unspecified atom stereocenters. The summed E-state index contributed by atoms with van der Waals surface area (Å²) in [4.78, 5) is 30.6. The number of carbonyl (C=O) groups excluding carboxylic acids is 1. The van der Waals surface area contributed by atoms with E-state index in [2.05, 4.69) is 15.4 Å². The number of fused-ring (bicyclic) bond motifs is 1. The van der Waals surface area contributed by atoms with Crippen molar-refractivity contribution in [3.05, 3.63) is 111 Å². The van der Waals surface area contributed by atoms with Crippen LogP contribution in [0.25, 0.3) is 16.6 Å². The van der Waals surface area contributed by atoms with Gasteiger partial charge in [0.05, 0.1) is 50.9 Å². The first-order valence-corrected chi connectivity index (χ1v) is 11.2. The van der Waals surface area contributed by atoms with E-state index in [4.69, 9.17) is 23.2 Å². The highest BCUT2D eigenvalue weighted by Crippen LogP contribution is 2.33. The predicted molar refractivity (Wildman–Crippen MR) is 135 cm³/mol. The summed E-state index contributed by atoms with van der Waals surface area (Å²) in [7, 11) is 0. The number of aromatic hydroxyl groups is 1. The van der Waals surface area contributed by atoms with Crippen molar-refractivity contribution in [2.45, 2.75) is 6.54 Å². The zero-order valence-corrected chi connectivity index (χ0v) is 19.5. The number of hydrogen-bond acceptors (Lipinski definition) is 5. The van der Waals surface area contributed by atoms with Crippen LogP contribution in [0.2, 0.25) is 10.0 Å². The molecule has 2 N–H and O–H groups in total. The van der Waals surface area contributed by atoms with E-state index in [0.29, 0.717) is 11.2 Å². The largest absolute Gasteiger partial charge is 0.505 e. The lowest BCUT2D eigenvalue weighted by atomic mass is 10.1. The van der Waals surface area contributed by atoms with Crippen LogP contribution >= 0.6 is 23.2 Å². The van der Waals surface area contributed by atoms with Crippen molar-refractivity contribution in [3.8, 4) is 11.4 Å². The van der Waals surface area contributed by atoms with Gasteiger partial charge < -0.3 is 10.4 Å². The third-order valence-corrected chi connectivity index (χ3v) is 5.95. The Morgan fingerprint density at radius 2 is 1.74 bits per heavy atom. The lowest BCUT2D eigenvalue weighted by molar-refractivity contribution is 0.102. The minimum atomic E-state index is -0.544. The van der Waals surface area contributed by atoms with Gasteiger partial charge in [-0.15, -0.1) is 0 Å². The molecular formula is C25H17Cl2N5O3. The molecule has 1 amide bonds. The van der Waals surface area contributed by atoms with E-state index in [1.165, 1.54) is 23.0 Å². The van der Waals surface area contributed by atoms with E-state index in [-0.39, 0.29) is 44.5 Å². The van der Waals surface area contributed by atoms with E-state index in [0.717, 1.165) is 5.69 Å². The molecule has 2 aromatic heterocycles. The van der Waals surface area contributed by atoms with Crippen molar-refractivity contribution in [2.75, 3.05) is 5.32 Å². The highest BCUT2D eigenvalue weighted by molar-refractivity contribution is 6.37. The van der Waals surface area contributed by atoms with Gasteiger partial charge >= 0.3 is 0 Å². The molecule has 0 aliphatic rings. The van der Waals surface area contributed by atoms with Gasteiger partial charge in [-0.2, -0.15) is 5.10 Å². The normalized spacial score (nSPS) is 11.0. The SMILES string of the molecule is O=C(Nc1cccc2ncn(Cc3ccn(-c4ccccc4)n3)c(=O)c12)c1cc(Cl)c(O)c(Cl)c1. The maximum atomic E-state index is 13.4. The second-order valence-corrected chi connectivity index (χ2v) is 8.52. The van der Waals surface area contributed by atoms with Crippen LogP contribution < -0.4 is 10.9 Å². The van der Waals surface area contributed by atoms with Gasteiger partial charge in [0.15, 0.2) is 5.75 Å². The van der Waals surface area contributed by atoms with Crippen LogP contribution in [-0.4, -0.2) is 30.3 Å². The van der Waals surface area contributed by atoms with Crippen LogP contribution in [0.1, 0.15) is 16.1 Å². The first-order chi connectivity index (χ1) is 16.9. The average Bonchev–Trinajstić information content (AvgIpc) is 3.33. The molecule has 0 aliphatic carbocycles. The summed E-state index contributed by atoms with van der Waals surface area (Å²) in [6.07, 6.45) is 3.28. The van der Waals surface area contributed by atoms with Gasteiger partial charge in [-0.25, -0.2) is 9.67 Å². The lowest BCUT2D eigenvalue weighted by Gasteiger charge is -2.11. The van der Waals surface area contributed by atoms with Crippen molar-refractivity contribution >= 4 is 45.7 Å². The number of phenols is 1. The Hall–Kier alpha value is -4.14. The summed E-state index contributed by atoms with van der Waals surface area (Å²) >= 11 is 11.9. The maximum absolute atomic E-state index is 13.4. The minimum Gasteiger partial charge on any atom is -0.505 e. The molecule has 0 atom stereocenters. The van der Waals surface area contributed by atoms with Crippen LogP contribution in [0.4, 0.5) is 5.69 Å². The Labute approximate surface area is 209 Å². The summed E-state index contributed by atoms with van der Waals surface area (Å²) < 4.78 is 3.17. The van der Waals surface area contributed by atoms with Crippen molar-refractivity contribution in [2.24, 2.45) is 0 Å². The molecule has 2 heterocycles. The third-order valence-electron chi connectivity index (χ3n) is 5.38. The van der Waals surface area contributed by atoms with Crippen LogP contribution in [0.3, 0.4) is 0 Å². The Balaban J connectivity index is 1.47. The van der Waals surface area contributed by atoms with Crippen molar-refractivity contribution in [1.82, 2.24) is 19.3 Å². The van der Waals surface area contributed by atoms with E-state index in [1.54, 1.807) is 22.9 Å². The first-order valence-electron chi connectivity index (χ1n) is 10.5. The zero-order valence-electron chi connectivity index (χ0n) is 18.0. The highest BCUT2D eigenvalue weighted by Gasteiger charge is 2.16. The molecule has 5 aromatic rings. The molecule has 0 bridgehead atoms. The number of hydrogen-bond donors (Lipinski definition) is 2. The minimum absolute atomic E-state index is 0.0560. The third kappa shape index (κ3) is 4.49.